The maximum Gasteiger partial charge on any atom is 0.160 e. The van der Waals surface area contributed by atoms with E-state index in [1.807, 2.05) is 54.6 Å². The third kappa shape index (κ3) is 3.90. The first-order chi connectivity index (χ1) is 14.6. The number of phenolic OH excluding ortho intramolecular Hbond substituents is 1. The molecule has 1 fully saturated rings. The van der Waals surface area contributed by atoms with Gasteiger partial charge in [-0.3, -0.25) is 4.79 Å². The molecule has 4 rings (SSSR count). The molecule has 0 unspecified atom stereocenters. The van der Waals surface area contributed by atoms with E-state index in [0.29, 0.717) is 11.1 Å². The van der Waals surface area contributed by atoms with Crippen LogP contribution in [0.15, 0.2) is 60.7 Å². The second-order valence-corrected chi connectivity index (χ2v) is 7.77. The lowest BCUT2D eigenvalue weighted by Crippen LogP contribution is -2.29. The van der Waals surface area contributed by atoms with E-state index in [2.05, 4.69) is 4.90 Å². The van der Waals surface area contributed by atoms with Crippen molar-refractivity contribution in [3.05, 3.63) is 66.2 Å². The fraction of sp³-hybridized carbons (Fsp3) is 0.269. The van der Waals surface area contributed by atoms with Crippen molar-refractivity contribution in [2.45, 2.75) is 26.2 Å². The Bertz CT molecular complexity index is 1070. The molecule has 3 aromatic rings. The fourth-order valence-corrected chi connectivity index (χ4v) is 4.21. The average molecular weight is 402 g/mol. The van der Waals surface area contributed by atoms with Crippen molar-refractivity contribution in [1.29, 1.82) is 0 Å². The van der Waals surface area contributed by atoms with Crippen LogP contribution in [0.1, 0.15) is 36.5 Å². The number of methoxy groups -OCH3 is 1. The first kappa shape index (κ1) is 20.0. The summed E-state index contributed by atoms with van der Waals surface area (Å²) in [7, 11) is 1.65. The van der Waals surface area contributed by atoms with Gasteiger partial charge in [-0.2, -0.15) is 0 Å². The summed E-state index contributed by atoms with van der Waals surface area (Å²) in [6.07, 6.45) is 3.62. The quantitative estimate of drug-likeness (QED) is 0.539. The summed E-state index contributed by atoms with van der Waals surface area (Å²) in [6, 6.07) is 19.3. The predicted molar refractivity (Wildman–Crippen MR) is 122 cm³/mol. The van der Waals surface area contributed by atoms with E-state index in [0.717, 1.165) is 41.2 Å². The lowest BCUT2D eigenvalue weighted by molar-refractivity contribution is 0.101. The molecule has 0 bridgehead atoms. The zero-order chi connectivity index (χ0) is 21.1. The lowest BCUT2D eigenvalue weighted by atomic mass is 9.92. The number of ether oxygens (including phenoxy) is 1. The van der Waals surface area contributed by atoms with Gasteiger partial charge in [-0.15, -0.1) is 0 Å². The average Bonchev–Trinajstić information content (AvgIpc) is 2.79. The first-order valence-electron chi connectivity index (χ1n) is 10.4. The number of nitrogens with zero attached hydrogens (tertiary/aromatic N) is 1. The van der Waals surface area contributed by atoms with Crippen LogP contribution in [-0.2, 0) is 0 Å². The molecule has 30 heavy (non-hydrogen) atoms. The Balaban J connectivity index is 1.86. The second-order valence-electron chi connectivity index (χ2n) is 7.77. The van der Waals surface area contributed by atoms with Crippen LogP contribution >= 0.6 is 0 Å². The molecular weight excluding hydrogens is 374 g/mol. The van der Waals surface area contributed by atoms with Gasteiger partial charge in [0.05, 0.1) is 7.11 Å². The first-order valence-corrected chi connectivity index (χ1v) is 10.4. The van der Waals surface area contributed by atoms with Crippen LogP contribution in [0.4, 0.5) is 5.69 Å². The molecule has 1 aliphatic rings. The van der Waals surface area contributed by atoms with Crippen molar-refractivity contribution in [3.8, 4) is 33.8 Å². The van der Waals surface area contributed by atoms with E-state index in [9.17, 15) is 9.90 Å². The van der Waals surface area contributed by atoms with Crippen LogP contribution in [0.5, 0.6) is 11.5 Å². The van der Waals surface area contributed by atoms with Gasteiger partial charge in [-0.05, 0) is 67.6 Å². The Morgan fingerprint density at radius 3 is 2.40 bits per heavy atom. The number of rotatable bonds is 5. The van der Waals surface area contributed by atoms with E-state index in [4.69, 9.17) is 4.74 Å². The Morgan fingerprint density at radius 2 is 1.67 bits per heavy atom. The standard InChI is InChI=1S/C26H27NO3/c1-18(28)21-12-10-19(22-8-4-5-9-26(22)30-2)16-23(21)24-17-20(11-13-25(24)29)27-14-6-3-7-15-27/h4-5,8-13,16-17,29H,3,6-7,14-15H2,1-2H3. The van der Waals surface area contributed by atoms with Gasteiger partial charge in [0.25, 0.3) is 0 Å². The van der Waals surface area contributed by atoms with E-state index in [1.165, 1.54) is 19.3 Å². The minimum Gasteiger partial charge on any atom is -0.507 e. The summed E-state index contributed by atoms with van der Waals surface area (Å²) in [5.74, 6) is 0.917. The summed E-state index contributed by atoms with van der Waals surface area (Å²) in [4.78, 5) is 14.7. The number of aromatic hydroxyl groups is 1. The van der Waals surface area contributed by atoms with Gasteiger partial charge in [0, 0.05) is 35.5 Å². The summed E-state index contributed by atoms with van der Waals surface area (Å²) in [5.41, 5.74) is 4.99. The number of piperidine rings is 1. The molecule has 1 N–H and O–H groups in total. The molecule has 0 aliphatic carbocycles. The predicted octanol–water partition coefficient (Wildman–Crippen LogP) is 5.93. The SMILES string of the molecule is COc1ccccc1-c1ccc(C(C)=O)c(-c2cc(N3CCCCC3)ccc2O)c1. The Labute approximate surface area is 177 Å². The van der Waals surface area contributed by atoms with Crippen molar-refractivity contribution in [3.63, 3.8) is 0 Å². The highest BCUT2D eigenvalue weighted by Gasteiger charge is 2.18. The molecule has 0 saturated carbocycles. The van der Waals surface area contributed by atoms with Crippen LogP contribution in [0.3, 0.4) is 0 Å². The van der Waals surface area contributed by atoms with Gasteiger partial charge >= 0.3 is 0 Å². The zero-order valence-corrected chi connectivity index (χ0v) is 17.5. The summed E-state index contributed by atoms with van der Waals surface area (Å²) in [6.45, 7) is 3.60. The van der Waals surface area contributed by atoms with E-state index in [-0.39, 0.29) is 11.5 Å². The van der Waals surface area contributed by atoms with Gasteiger partial charge in [-0.25, -0.2) is 0 Å². The minimum atomic E-state index is -0.0284. The van der Waals surface area contributed by atoms with Gasteiger partial charge in [0.2, 0.25) is 0 Å². The van der Waals surface area contributed by atoms with E-state index in [1.54, 1.807) is 20.1 Å². The molecular formula is C26H27NO3. The van der Waals surface area contributed by atoms with Crippen LogP contribution in [0.2, 0.25) is 0 Å². The highest BCUT2D eigenvalue weighted by molar-refractivity contribution is 6.02. The number of anilines is 1. The molecule has 4 heteroatoms. The molecule has 0 spiro atoms. The van der Waals surface area contributed by atoms with Crippen molar-refractivity contribution in [2.24, 2.45) is 0 Å². The molecule has 0 atom stereocenters. The van der Waals surface area contributed by atoms with Crippen LogP contribution in [0, 0.1) is 0 Å². The number of phenols is 1. The molecule has 0 radical (unpaired) electrons. The molecule has 1 heterocycles. The summed E-state index contributed by atoms with van der Waals surface area (Å²) in [5, 5.41) is 10.7. The molecule has 1 saturated heterocycles. The molecule has 0 aromatic heterocycles. The van der Waals surface area contributed by atoms with E-state index >= 15 is 0 Å². The van der Waals surface area contributed by atoms with Crippen molar-refractivity contribution >= 4 is 11.5 Å². The van der Waals surface area contributed by atoms with Gasteiger partial charge in [0.1, 0.15) is 11.5 Å². The van der Waals surface area contributed by atoms with Gasteiger partial charge in [0.15, 0.2) is 5.78 Å². The van der Waals surface area contributed by atoms with Crippen molar-refractivity contribution in [1.82, 2.24) is 0 Å². The zero-order valence-electron chi connectivity index (χ0n) is 17.5. The van der Waals surface area contributed by atoms with Crippen LogP contribution in [-0.4, -0.2) is 31.1 Å². The normalized spacial score (nSPS) is 13.9. The second kappa shape index (κ2) is 8.62. The number of carbonyl (C=O) groups excluding carboxylic acids is 1. The number of carbonyl (C=O) groups is 1. The Morgan fingerprint density at radius 1 is 0.900 bits per heavy atom. The number of ketones is 1. The molecule has 3 aromatic carbocycles. The summed E-state index contributed by atoms with van der Waals surface area (Å²) < 4.78 is 5.52. The molecule has 154 valence electrons. The highest BCUT2D eigenvalue weighted by Crippen LogP contribution is 2.39. The molecule has 0 amide bonds. The molecule has 4 nitrogen and oxygen atoms in total. The minimum absolute atomic E-state index is 0.0284. The van der Waals surface area contributed by atoms with Crippen LogP contribution in [0.25, 0.3) is 22.3 Å². The maximum absolute atomic E-state index is 12.4. The largest absolute Gasteiger partial charge is 0.507 e. The van der Waals surface area contributed by atoms with Crippen LogP contribution < -0.4 is 9.64 Å². The monoisotopic (exact) mass is 401 g/mol. The number of para-hydroxylation sites is 1. The Kier molecular flexibility index (Phi) is 5.75. The lowest BCUT2D eigenvalue weighted by Gasteiger charge is -2.29. The number of hydrogen-bond acceptors (Lipinski definition) is 4. The maximum atomic E-state index is 12.4. The third-order valence-electron chi connectivity index (χ3n) is 5.81. The highest BCUT2D eigenvalue weighted by atomic mass is 16.5. The smallest absolute Gasteiger partial charge is 0.160 e. The van der Waals surface area contributed by atoms with Gasteiger partial charge < -0.3 is 14.7 Å². The number of Topliss-reactive ketones (excluding diaryl/α,β-unsaturated/α-hetero) is 1. The third-order valence-corrected chi connectivity index (χ3v) is 5.81. The van der Waals surface area contributed by atoms with Crippen molar-refractivity contribution in [2.75, 3.05) is 25.1 Å². The molecule has 1 aliphatic heterocycles. The van der Waals surface area contributed by atoms with Gasteiger partial charge in [-0.1, -0.05) is 30.3 Å². The summed E-state index contributed by atoms with van der Waals surface area (Å²) >= 11 is 0. The van der Waals surface area contributed by atoms with E-state index < -0.39 is 0 Å². The Hall–Kier alpha value is -3.27. The fourth-order valence-electron chi connectivity index (χ4n) is 4.21. The van der Waals surface area contributed by atoms with Crippen molar-refractivity contribution < 1.29 is 14.6 Å². The number of benzene rings is 3. The topological polar surface area (TPSA) is 49.8 Å². The number of hydrogen-bond donors (Lipinski definition) is 1.